The van der Waals surface area contributed by atoms with Crippen LogP contribution in [0.25, 0.3) is 5.78 Å². The Balaban J connectivity index is 1.84. The number of aryl methyl sites for hydroxylation is 1. The van der Waals surface area contributed by atoms with Crippen molar-refractivity contribution in [3.05, 3.63) is 29.6 Å². The number of aromatic amines is 1. The molecule has 0 aliphatic carbocycles. The van der Waals surface area contributed by atoms with Crippen LogP contribution in [-0.2, 0) is 0 Å². The normalized spacial score (nSPS) is 12.5. The molecular formula is C10H11N9O. The molecule has 0 aromatic carbocycles. The van der Waals surface area contributed by atoms with Crippen LogP contribution in [-0.4, -0.2) is 46.1 Å². The molecule has 0 radical (unpaired) electrons. The summed E-state index contributed by atoms with van der Waals surface area (Å²) in [6.45, 7) is 3.59. The summed E-state index contributed by atoms with van der Waals surface area (Å²) in [4.78, 5) is 20.2. The predicted octanol–water partition coefficient (Wildman–Crippen LogP) is -0.563. The van der Waals surface area contributed by atoms with Gasteiger partial charge < -0.3 is 5.32 Å². The Bertz CT molecular complexity index is 747. The standard InChI is InChI=1S/C10H11N9O/c1-5-3-4-11-10-13-8(16-19(5)10)9(20)12-6(2)7-14-17-18-15-7/h3-4,6H,1-2H3,(H,12,20)(H,14,15,17,18). The number of hydrogen-bond acceptors (Lipinski definition) is 7. The Morgan fingerprint density at radius 2 is 2.35 bits per heavy atom. The lowest BCUT2D eigenvalue weighted by molar-refractivity contribution is 0.0928. The number of fused-ring (bicyclic) bond motifs is 1. The van der Waals surface area contributed by atoms with Gasteiger partial charge in [-0.1, -0.05) is 5.21 Å². The van der Waals surface area contributed by atoms with E-state index >= 15 is 0 Å². The van der Waals surface area contributed by atoms with Crippen LogP contribution in [0.4, 0.5) is 0 Å². The molecule has 3 heterocycles. The maximum absolute atomic E-state index is 12.1. The van der Waals surface area contributed by atoms with Crippen molar-refractivity contribution in [3.63, 3.8) is 0 Å². The first kappa shape index (κ1) is 12.1. The summed E-state index contributed by atoms with van der Waals surface area (Å²) in [5.74, 6) is 0.383. The molecule has 0 fully saturated rings. The van der Waals surface area contributed by atoms with Gasteiger partial charge in [-0.25, -0.2) is 9.50 Å². The van der Waals surface area contributed by atoms with Crippen molar-refractivity contribution in [1.82, 2.24) is 45.5 Å². The predicted molar refractivity (Wildman–Crippen MR) is 65.6 cm³/mol. The van der Waals surface area contributed by atoms with Gasteiger partial charge in [0, 0.05) is 11.9 Å². The zero-order valence-corrected chi connectivity index (χ0v) is 10.8. The summed E-state index contributed by atoms with van der Waals surface area (Å²) in [5, 5.41) is 20.2. The molecule has 3 rings (SSSR count). The number of aromatic nitrogens is 8. The number of hydrogen-bond donors (Lipinski definition) is 2. The summed E-state index contributed by atoms with van der Waals surface area (Å²) in [6, 6.07) is 1.38. The zero-order valence-electron chi connectivity index (χ0n) is 10.8. The van der Waals surface area contributed by atoms with Crippen LogP contribution in [0.15, 0.2) is 12.3 Å². The maximum atomic E-state index is 12.1. The minimum atomic E-state index is -0.424. The summed E-state index contributed by atoms with van der Waals surface area (Å²) in [7, 11) is 0. The van der Waals surface area contributed by atoms with Crippen LogP contribution in [0.1, 0.15) is 35.1 Å². The molecular weight excluding hydrogens is 262 g/mol. The molecule has 0 aliphatic rings. The van der Waals surface area contributed by atoms with Crippen molar-refractivity contribution in [1.29, 1.82) is 0 Å². The van der Waals surface area contributed by atoms with Gasteiger partial charge in [0.1, 0.15) is 0 Å². The smallest absolute Gasteiger partial charge is 0.291 e. The molecule has 10 heteroatoms. The van der Waals surface area contributed by atoms with Gasteiger partial charge in [-0.05, 0) is 19.9 Å². The molecule has 0 saturated heterocycles. The highest BCUT2D eigenvalue weighted by Gasteiger charge is 2.19. The van der Waals surface area contributed by atoms with Crippen molar-refractivity contribution in [2.75, 3.05) is 0 Å². The van der Waals surface area contributed by atoms with E-state index in [1.165, 1.54) is 4.52 Å². The van der Waals surface area contributed by atoms with Gasteiger partial charge in [0.15, 0.2) is 5.82 Å². The maximum Gasteiger partial charge on any atom is 0.291 e. The molecule has 102 valence electrons. The molecule has 0 saturated carbocycles. The zero-order chi connectivity index (χ0) is 14.1. The van der Waals surface area contributed by atoms with E-state index in [1.807, 2.05) is 6.92 Å². The number of H-pyrrole nitrogens is 1. The highest BCUT2D eigenvalue weighted by Crippen LogP contribution is 2.06. The molecule has 1 amide bonds. The first-order chi connectivity index (χ1) is 9.65. The Morgan fingerprint density at radius 1 is 1.50 bits per heavy atom. The van der Waals surface area contributed by atoms with E-state index in [-0.39, 0.29) is 5.82 Å². The van der Waals surface area contributed by atoms with Crippen molar-refractivity contribution < 1.29 is 4.79 Å². The third-order valence-corrected chi connectivity index (χ3v) is 2.73. The van der Waals surface area contributed by atoms with Gasteiger partial charge >= 0.3 is 0 Å². The number of rotatable bonds is 3. The van der Waals surface area contributed by atoms with Crippen molar-refractivity contribution in [3.8, 4) is 0 Å². The average Bonchev–Trinajstić information content (AvgIpc) is 3.08. The largest absolute Gasteiger partial charge is 0.339 e. The van der Waals surface area contributed by atoms with E-state index in [9.17, 15) is 4.79 Å². The number of tetrazole rings is 1. The lowest BCUT2D eigenvalue weighted by Gasteiger charge is -2.06. The molecule has 10 nitrogen and oxygen atoms in total. The van der Waals surface area contributed by atoms with Crippen LogP contribution < -0.4 is 5.32 Å². The molecule has 1 unspecified atom stereocenters. The van der Waals surface area contributed by atoms with Crippen molar-refractivity contribution in [2.45, 2.75) is 19.9 Å². The molecule has 20 heavy (non-hydrogen) atoms. The second-order valence-electron chi connectivity index (χ2n) is 4.20. The van der Waals surface area contributed by atoms with Gasteiger partial charge in [0.2, 0.25) is 5.82 Å². The highest BCUT2D eigenvalue weighted by molar-refractivity contribution is 5.91. The molecule has 3 aromatic rings. The quantitative estimate of drug-likeness (QED) is 0.654. The Morgan fingerprint density at radius 3 is 3.05 bits per heavy atom. The molecule has 3 aromatic heterocycles. The molecule has 1 atom stereocenters. The van der Waals surface area contributed by atoms with E-state index in [2.05, 4.69) is 41.0 Å². The Hall–Kier alpha value is -2.91. The van der Waals surface area contributed by atoms with Crippen LogP contribution in [0.5, 0.6) is 0 Å². The lowest BCUT2D eigenvalue weighted by Crippen LogP contribution is -2.28. The Labute approximate surface area is 112 Å². The van der Waals surface area contributed by atoms with Crippen LogP contribution >= 0.6 is 0 Å². The topological polar surface area (TPSA) is 127 Å². The minimum absolute atomic E-state index is 0.0437. The van der Waals surface area contributed by atoms with E-state index in [0.29, 0.717) is 11.6 Å². The Kier molecular flexibility index (Phi) is 2.82. The van der Waals surface area contributed by atoms with E-state index in [1.54, 1.807) is 19.2 Å². The fraction of sp³-hybridized carbons (Fsp3) is 0.300. The summed E-state index contributed by atoms with van der Waals surface area (Å²) < 4.78 is 1.51. The number of carbonyl (C=O) groups is 1. The SMILES string of the molecule is Cc1ccnc2nc(C(=O)NC(C)c3nn[nH]n3)nn12. The van der Waals surface area contributed by atoms with Gasteiger partial charge in [-0.15, -0.1) is 15.3 Å². The number of carbonyl (C=O) groups excluding carboxylic acids is 1. The van der Waals surface area contributed by atoms with Gasteiger partial charge in [0.05, 0.1) is 6.04 Å². The number of nitrogens with one attached hydrogen (secondary N) is 2. The molecule has 2 N–H and O–H groups in total. The summed E-state index contributed by atoms with van der Waals surface area (Å²) in [5.41, 5.74) is 0.841. The first-order valence-electron chi connectivity index (χ1n) is 5.88. The minimum Gasteiger partial charge on any atom is -0.339 e. The second kappa shape index (κ2) is 4.64. The van der Waals surface area contributed by atoms with Crippen LogP contribution in [0, 0.1) is 6.92 Å². The third-order valence-electron chi connectivity index (χ3n) is 2.73. The highest BCUT2D eigenvalue weighted by atomic mass is 16.2. The average molecular weight is 273 g/mol. The van der Waals surface area contributed by atoms with Crippen molar-refractivity contribution in [2.24, 2.45) is 0 Å². The van der Waals surface area contributed by atoms with Crippen molar-refractivity contribution >= 4 is 11.7 Å². The fourth-order valence-electron chi connectivity index (χ4n) is 1.68. The van der Waals surface area contributed by atoms with E-state index < -0.39 is 11.9 Å². The van der Waals surface area contributed by atoms with Gasteiger partial charge in [-0.3, -0.25) is 4.79 Å². The number of amides is 1. The van der Waals surface area contributed by atoms with Gasteiger partial charge in [-0.2, -0.15) is 10.2 Å². The molecule has 0 bridgehead atoms. The molecule has 0 spiro atoms. The lowest BCUT2D eigenvalue weighted by atomic mass is 10.3. The summed E-state index contributed by atoms with van der Waals surface area (Å²) in [6.07, 6.45) is 1.61. The van der Waals surface area contributed by atoms with Crippen LogP contribution in [0.3, 0.4) is 0 Å². The van der Waals surface area contributed by atoms with E-state index in [0.717, 1.165) is 5.69 Å². The second-order valence-corrected chi connectivity index (χ2v) is 4.20. The monoisotopic (exact) mass is 273 g/mol. The third kappa shape index (κ3) is 2.06. The summed E-state index contributed by atoms with van der Waals surface area (Å²) >= 11 is 0. The van der Waals surface area contributed by atoms with Crippen LogP contribution in [0.2, 0.25) is 0 Å². The van der Waals surface area contributed by atoms with E-state index in [4.69, 9.17) is 0 Å². The first-order valence-corrected chi connectivity index (χ1v) is 5.88. The number of nitrogens with zero attached hydrogens (tertiary/aromatic N) is 7. The molecule has 0 aliphatic heterocycles. The fourth-order valence-corrected chi connectivity index (χ4v) is 1.68. The van der Waals surface area contributed by atoms with Gasteiger partial charge in [0.25, 0.3) is 11.7 Å².